The maximum absolute atomic E-state index is 5.01. The zero-order valence-corrected chi connectivity index (χ0v) is 14.3. The molecule has 119 valence electrons. The third-order valence-corrected chi connectivity index (χ3v) is 5.54. The van der Waals surface area contributed by atoms with Gasteiger partial charge in [0.1, 0.15) is 0 Å². The molecule has 0 fully saturated rings. The second kappa shape index (κ2) is 7.35. The van der Waals surface area contributed by atoms with Crippen LogP contribution in [0, 0.1) is 11.8 Å². The van der Waals surface area contributed by atoms with Gasteiger partial charge in [-0.2, -0.15) is 0 Å². The number of allylic oxidation sites excluding steroid dienone is 2. The highest BCUT2D eigenvalue weighted by molar-refractivity contribution is 5.82. The van der Waals surface area contributed by atoms with Crippen LogP contribution < -0.4 is 5.32 Å². The van der Waals surface area contributed by atoms with Gasteiger partial charge in [0, 0.05) is 17.2 Å². The molecule has 1 aromatic rings. The monoisotopic (exact) mass is 296 g/mol. The summed E-state index contributed by atoms with van der Waals surface area (Å²) in [4.78, 5) is 0. The van der Waals surface area contributed by atoms with Crippen LogP contribution in [-0.4, -0.2) is 0 Å². The van der Waals surface area contributed by atoms with Gasteiger partial charge in [-0.3, -0.25) is 5.32 Å². The van der Waals surface area contributed by atoms with Gasteiger partial charge >= 0.3 is 0 Å². The highest BCUT2D eigenvalue weighted by Gasteiger charge is 2.34. The molecule has 1 heteroatoms. The van der Waals surface area contributed by atoms with Crippen molar-refractivity contribution in [2.45, 2.75) is 71.6 Å². The molecule has 1 aliphatic carbocycles. The van der Waals surface area contributed by atoms with Crippen LogP contribution in [0.1, 0.15) is 77.2 Å². The fourth-order valence-electron chi connectivity index (χ4n) is 4.14. The molecule has 2 aliphatic rings. The normalized spacial score (nSPS) is 23.2. The molecule has 0 bridgehead atoms. The van der Waals surface area contributed by atoms with Crippen molar-refractivity contribution in [3.63, 3.8) is 0 Å². The van der Waals surface area contributed by atoms with Crippen LogP contribution in [0.15, 0.2) is 30.0 Å². The summed E-state index contributed by atoms with van der Waals surface area (Å²) in [6, 6.07) is 8.72. The van der Waals surface area contributed by atoms with E-state index in [1.807, 2.05) is 0 Å². The predicted molar refractivity (Wildman–Crippen MR) is 95.0 cm³/mol. The van der Waals surface area contributed by atoms with Gasteiger partial charge in [0.05, 0.1) is 5.69 Å². The molecular formula is C21H30N. The van der Waals surface area contributed by atoms with Crippen LogP contribution in [-0.2, 0) is 0 Å². The largest absolute Gasteiger partial charge is 0.252 e. The van der Waals surface area contributed by atoms with E-state index in [0.29, 0.717) is 5.92 Å². The Hall–Kier alpha value is -1.24. The number of nitrogens with zero attached hydrogens (tertiary/aromatic N) is 1. The van der Waals surface area contributed by atoms with Crippen molar-refractivity contribution in [1.82, 2.24) is 5.32 Å². The van der Waals surface area contributed by atoms with Crippen molar-refractivity contribution in [3.8, 4) is 0 Å². The smallest absolute Gasteiger partial charge is 0.0708 e. The minimum atomic E-state index is 0.697. The minimum absolute atomic E-state index is 0.697. The molecule has 2 unspecified atom stereocenters. The molecule has 1 radical (unpaired) electrons. The van der Waals surface area contributed by atoms with Crippen LogP contribution in [0.3, 0.4) is 0 Å². The van der Waals surface area contributed by atoms with Crippen LogP contribution in [0.25, 0.3) is 5.57 Å². The lowest BCUT2D eigenvalue weighted by atomic mass is 9.76. The molecule has 0 N–H and O–H groups in total. The number of para-hydroxylation sites is 1. The number of fused-ring (bicyclic) bond motifs is 2. The van der Waals surface area contributed by atoms with E-state index in [-0.39, 0.29) is 0 Å². The summed E-state index contributed by atoms with van der Waals surface area (Å²) in [6.45, 7) is 4.72. The standard InChI is InChI=1S/C21H30N/c1-3-4-5-6-7-8-11-17-16(2)14-15-19-18-12-9-10-13-20(18)22-21(17)19/h9-10,12-13,16-17H,3-8,11,14-15H2,1-2H3. The van der Waals surface area contributed by atoms with Crippen molar-refractivity contribution in [1.29, 1.82) is 0 Å². The third kappa shape index (κ3) is 3.24. The van der Waals surface area contributed by atoms with E-state index >= 15 is 0 Å². The number of unbranched alkanes of at least 4 members (excludes halogenated alkanes) is 5. The second-order valence-corrected chi connectivity index (χ2v) is 7.17. The summed E-state index contributed by atoms with van der Waals surface area (Å²) in [6.07, 6.45) is 12.3. The Kier molecular flexibility index (Phi) is 5.23. The summed E-state index contributed by atoms with van der Waals surface area (Å²) in [5.74, 6) is 1.50. The second-order valence-electron chi connectivity index (χ2n) is 7.17. The van der Waals surface area contributed by atoms with E-state index in [1.165, 1.54) is 74.7 Å². The molecule has 1 aliphatic heterocycles. The van der Waals surface area contributed by atoms with E-state index in [4.69, 9.17) is 5.32 Å². The average molecular weight is 296 g/mol. The van der Waals surface area contributed by atoms with Crippen molar-refractivity contribution in [3.05, 3.63) is 35.5 Å². The lowest BCUT2D eigenvalue weighted by molar-refractivity contribution is 0.333. The molecule has 22 heavy (non-hydrogen) atoms. The Labute approximate surface area is 136 Å². The molecule has 0 saturated heterocycles. The average Bonchev–Trinajstić information content (AvgIpc) is 2.91. The molecule has 0 saturated carbocycles. The summed E-state index contributed by atoms with van der Waals surface area (Å²) in [7, 11) is 0. The Morgan fingerprint density at radius 2 is 1.82 bits per heavy atom. The number of hydrogen-bond acceptors (Lipinski definition) is 0. The lowest BCUT2D eigenvalue weighted by Crippen LogP contribution is -2.21. The fraction of sp³-hybridized carbons (Fsp3) is 0.619. The van der Waals surface area contributed by atoms with E-state index in [2.05, 4.69) is 38.1 Å². The Bertz CT molecular complexity index is 528. The molecule has 0 amide bonds. The molecule has 2 atom stereocenters. The van der Waals surface area contributed by atoms with Crippen molar-refractivity contribution in [2.24, 2.45) is 11.8 Å². The Balaban J connectivity index is 1.60. The molecule has 1 heterocycles. The summed E-state index contributed by atoms with van der Waals surface area (Å²) in [5, 5.41) is 5.01. The SMILES string of the molecule is CCCCCCCCC1C2=C(CCC1C)c1ccccc1[N]2. The number of hydrogen-bond donors (Lipinski definition) is 0. The molecule has 1 aromatic carbocycles. The van der Waals surface area contributed by atoms with E-state index < -0.39 is 0 Å². The van der Waals surface area contributed by atoms with E-state index in [1.54, 1.807) is 5.57 Å². The van der Waals surface area contributed by atoms with Gasteiger partial charge < -0.3 is 0 Å². The molecule has 3 rings (SSSR count). The quantitative estimate of drug-likeness (QED) is 0.514. The number of benzene rings is 1. The summed E-state index contributed by atoms with van der Waals surface area (Å²) < 4.78 is 0. The topological polar surface area (TPSA) is 14.1 Å². The summed E-state index contributed by atoms with van der Waals surface area (Å²) >= 11 is 0. The fourth-order valence-corrected chi connectivity index (χ4v) is 4.14. The third-order valence-electron chi connectivity index (χ3n) is 5.54. The zero-order valence-electron chi connectivity index (χ0n) is 14.3. The van der Waals surface area contributed by atoms with Gasteiger partial charge in [-0.1, -0.05) is 70.6 Å². The Morgan fingerprint density at radius 1 is 1.05 bits per heavy atom. The number of rotatable bonds is 7. The van der Waals surface area contributed by atoms with E-state index in [9.17, 15) is 0 Å². The van der Waals surface area contributed by atoms with Gasteiger partial charge in [0.25, 0.3) is 0 Å². The van der Waals surface area contributed by atoms with Crippen LogP contribution in [0.2, 0.25) is 0 Å². The maximum atomic E-state index is 5.01. The molecule has 1 nitrogen and oxygen atoms in total. The van der Waals surface area contributed by atoms with Crippen LogP contribution >= 0.6 is 0 Å². The molecular weight excluding hydrogens is 266 g/mol. The summed E-state index contributed by atoms with van der Waals surface area (Å²) in [5.41, 5.74) is 5.63. The lowest BCUT2D eigenvalue weighted by Gasteiger charge is -2.30. The van der Waals surface area contributed by atoms with Gasteiger partial charge in [-0.05, 0) is 36.8 Å². The highest BCUT2D eigenvalue weighted by Crippen LogP contribution is 2.47. The predicted octanol–water partition coefficient (Wildman–Crippen LogP) is 6.44. The first-order valence-electron chi connectivity index (χ1n) is 9.35. The molecule has 0 spiro atoms. The van der Waals surface area contributed by atoms with Crippen molar-refractivity contribution >= 4 is 11.3 Å². The molecule has 0 aromatic heterocycles. The first-order valence-corrected chi connectivity index (χ1v) is 9.35. The van der Waals surface area contributed by atoms with Gasteiger partial charge in [0.15, 0.2) is 0 Å². The van der Waals surface area contributed by atoms with Crippen LogP contribution in [0.5, 0.6) is 0 Å². The zero-order chi connectivity index (χ0) is 15.4. The van der Waals surface area contributed by atoms with Crippen LogP contribution in [0.4, 0.5) is 5.69 Å². The van der Waals surface area contributed by atoms with Gasteiger partial charge in [-0.15, -0.1) is 0 Å². The maximum Gasteiger partial charge on any atom is 0.0708 e. The van der Waals surface area contributed by atoms with Gasteiger partial charge in [0.2, 0.25) is 0 Å². The van der Waals surface area contributed by atoms with Crippen molar-refractivity contribution in [2.75, 3.05) is 0 Å². The Morgan fingerprint density at radius 3 is 2.68 bits per heavy atom. The highest BCUT2D eigenvalue weighted by atomic mass is 14.9. The minimum Gasteiger partial charge on any atom is -0.252 e. The van der Waals surface area contributed by atoms with E-state index in [0.717, 1.165) is 5.92 Å². The first kappa shape index (κ1) is 15.6. The van der Waals surface area contributed by atoms with Crippen molar-refractivity contribution < 1.29 is 0 Å². The first-order chi connectivity index (χ1) is 10.8. The van der Waals surface area contributed by atoms with Gasteiger partial charge in [-0.25, -0.2) is 0 Å².